The molecule has 0 saturated heterocycles. The number of benzene rings is 1. The summed E-state index contributed by atoms with van der Waals surface area (Å²) in [5, 5.41) is 17.7. The summed E-state index contributed by atoms with van der Waals surface area (Å²) in [6.07, 6.45) is 5.64. The molecule has 0 saturated carbocycles. The molecule has 1 aliphatic rings. The van der Waals surface area contributed by atoms with Crippen LogP contribution in [-0.4, -0.2) is 26.7 Å². The molecule has 0 spiro atoms. The molecule has 17 heavy (non-hydrogen) atoms. The van der Waals surface area contributed by atoms with Gasteiger partial charge >= 0.3 is 0 Å². The molecule has 0 aliphatic heterocycles. The second kappa shape index (κ2) is 4.45. The second-order valence-electron chi connectivity index (χ2n) is 4.69. The third-order valence-electron chi connectivity index (χ3n) is 3.40. The Hall–Kier alpha value is -1.42. The molecular weight excluding hydrogens is 214 g/mol. The first-order valence-electron chi connectivity index (χ1n) is 6.34. The van der Waals surface area contributed by atoms with Crippen molar-refractivity contribution in [3.8, 4) is 0 Å². The Labute approximate surface area is 100 Å². The van der Waals surface area contributed by atoms with Crippen molar-refractivity contribution < 1.29 is 5.11 Å². The molecular formula is C13H17N3O. The highest BCUT2D eigenvalue weighted by Crippen LogP contribution is 2.24. The van der Waals surface area contributed by atoms with E-state index in [1.165, 1.54) is 36.8 Å². The lowest BCUT2D eigenvalue weighted by Crippen LogP contribution is -2.03. The van der Waals surface area contributed by atoms with E-state index in [1.807, 2.05) is 0 Å². The minimum Gasteiger partial charge on any atom is -0.396 e. The summed E-state index contributed by atoms with van der Waals surface area (Å²) in [6, 6.07) is 4.37. The highest BCUT2D eigenvalue weighted by atomic mass is 16.3. The number of aliphatic hydroxyl groups excluding tert-OH is 1. The smallest absolute Gasteiger partial charge is 0.113 e. The van der Waals surface area contributed by atoms with Crippen molar-refractivity contribution in [1.29, 1.82) is 0 Å². The van der Waals surface area contributed by atoms with Crippen molar-refractivity contribution in [2.45, 2.75) is 38.6 Å². The molecule has 3 rings (SSSR count). The third-order valence-corrected chi connectivity index (χ3v) is 3.40. The van der Waals surface area contributed by atoms with E-state index in [9.17, 15) is 0 Å². The molecule has 0 fully saturated rings. The summed E-state index contributed by atoms with van der Waals surface area (Å²) < 4.78 is 0. The van der Waals surface area contributed by atoms with Crippen molar-refractivity contribution in [3.63, 3.8) is 0 Å². The number of rotatable bonds is 3. The van der Waals surface area contributed by atoms with Crippen LogP contribution in [0.25, 0.3) is 11.0 Å². The van der Waals surface area contributed by atoms with Gasteiger partial charge in [-0.15, -0.1) is 0 Å². The predicted octanol–water partition coefficient (Wildman–Crippen LogP) is 1.69. The molecule has 90 valence electrons. The number of hydrogen-bond donors (Lipinski definition) is 1. The average Bonchev–Trinajstić information content (AvgIpc) is 2.75. The van der Waals surface area contributed by atoms with Gasteiger partial charge in [-0.25, -0.2) is 0 Å². The van der Waals surface area contributed by atoms with Crippen LogP contribution in [0, 0.1) is 0 Å². The Balaban J connectivity index is 1.98. The SMILES string of the molecule is OCCCn1nc2cc3c(cc2n1)CCCC3. The van der Waals surface area contributed by atoms with Gasteiger partial charge < -0.3 is 5.11 Å². The fraction of sp³-hybridized carbons (Fsp3) is 0.538. The maximum atomic E-state index is 8.81. The number of hydrogen-bond acceptors (Lipinski definition) is 3. The van der Waals surface area contributed by atoms with Gasteiger partial charge in [-0.3, -0.25) is 0 Å². The zero-order valence-electron chi connectivity index (χ0n) is 9.89. The van der Waals surface area contributed by atoms with E-state index in [2.05, 4.69) is 22.3 Å². The van der Waals surface area contributed by atoms with Crippen LogP contribution in [0.2, 0.25) is 0 Å². The summed E-state index contributed by atoms with van der Waals surface area (Å²) in [5.41, 5.74) is 4.86. The van der Waals surface area contributed by atoms with Crippen LogP contribution in [-0.2, 0) is 19.4 Å². The first-order chi connectivity index (χ1) is 8.36. The van der Waals surface area contributed by atoms with Gasteiger partial charge in [0.2, 0.25) is 0 Å². The highest BCUT2D eigenvalue weighted by Gasteiger charge is 2.12. The number of aryl methyl sites for hydroxylation is 3. The summed E-state index contributed by atoms with van der Waals surface area (Å²) >= 11 is 0. The average molecular weight is 231 g/mol. The van der Waals surface area contributed by atoms with Crippen LogP contribution < -0.4 is 0 Å². The molecule has 0 radical (unpaired) electrons. The molecule has 0 amide bonds. The summed E-state index contributed by atoms with van der Waals surface area (Å²) in [5.74, 6) is 0. The van der Waals surface area contributed by atoms with Crippen LogP contribution in [0.15, 0.2) is 12.1 Å². The molecule has 1 N–H and O–H groups in total. The molecule has 2 aromatic rings. The minimum atomic E-state index is 0.189. The van der Waals surface area contributed by atoms with Crippen LogP contribution in [0.3, 0.4) is 0 Å². The lowest BCUT2D eigenvalue weighted by molar-refractivity contribution is 0.273. The lowest BCUT2D eigenvalue weighted by atomic mass is 9.91. The van der Waals surface area contributed by atoms with Crippen molar-refractivity contribution in [1.82, 2.24) is 15.0 Å². The fourth-order valence-corrected chi connectivity index (χ4v) is 2.50. The van der Waals surface area contributed by atoms with Crippen molar-refractivity contribution in [3.05, 3.63) is 23.3 Å². The Kier molecular flexibility index (Phi) is 2.81. The van der Waals surface area contributed by atoms with Gasteiger partial charge in [-0.2, -0.15) is 15.0 Å². The largest absolute Gasteiger partial charge is 0.396 e. The van der Waals surface area contributed by atoms with Crippen LogP contribution >= 0.6 is 0 Å². The van der Waals surface area contributed by atoms with E-state index in [0.717, 1.165) is 11.0 Å². The summed E-state index contributed by atoms with van der Waals surface area (Å²) in [7, 11) is 0. The van der Waals surface area contributed by atoms with Crippen LogP contribution in [0.1, 0.15) is 30.4 Å². The summed E-state index contributed by atoms with van der Waals surface area (Å²) in [4.78, 5) is 1.70. The molecule has 1 aliphatic carbocycles. The first-order valence-corrected chi connectivity index (χ1v) is 6.34. The summed E-state index contributed by atoms with van der Waals surface area (Å²) in [6.45, 7) is 0.879. The highest BCUT2D eigenvalue weighted by molar-refractivity contribution is 5.76. The van der Waals surface area contributed by atoms with Crippen molar-refractivity contribution in [2.75, 3.05) is 6.61 Å². The number of aromatic nitrogens is 3. The molecule has 1 aromatic carbocycles. The fourth-order valence-electron chi connectivity index (χ4n) is 2.50. The lowest BCUT2D eigenvalue weighted by Gasteiger charge is -2.14. The van der Waals surface area contributed by atoms with E-state index in [0.29, 0.717) is 13.0 Å². The van der Waals surface area contributed by atoms with Crippen molar-refractivity contribution >= 4 is 11.0 Å². The molecule has 4 nitrogen and oxygen atoms in total. The monoisotopic (exact) mass is 231 g/mol. The Morgan fingerprint density at radius 3 is 2.18 bits per heavy atom. The van der Waals surface area contributed by atoms with E-state index in [1.54, 1.807) is 4.80 Å². The quantitative estimate of drug-likeness (QED) is 0.874. The van der Waals surface area contributed by atoms with Gasteiger partial charge in [-0.05, 0) is 55.4 Å². The molecule has 0 atom stereocenters. The minimum absolute atomic E-state index is 0.189. The standard InChI is InChI=1S/C13H17N3O/c17-7-3-6-16-14-12-8-10-4-1-2-5-11(10)9-13(12)15-16/h8-9,17H,1-7H2. The van der Waals surface area contributed by atoms with Gasteiger partial charge in [0.25, 0.3) is 0 Å². The predicted molar refractivity (Wildman–Crippen MR) is 65.9 cm³/mol. The van der Waals surface area contributed by atoms with E-state index in [4.69, 9.17) is 5.11 Å². The Morgan fingerprint density at radius 1 is 1.06 bits per heavy atom. The molecule has 1 heterocycles. The topological polar surface area (TPSA) is 50.9 Å². The van der Waals surface area contributed by atoms with Gasteiger partial charge in [0, 0.05) is 6.61 Å². The maximum Gasteiger partial charge on any atom is 0.113 e. The van der Waals surface area contributed by atoms with E-state index >= 15 is 0 Å². The van der Waals surface area contributed by atoms with Crippen LogP contribution in [0.4, 0.5) is 0 Å². The number of fused-ring (bicyclic) bond motifs is 2. The Bertz CT molecular complexity index is 490. The van der Waals surface area contributed by atoms with Gasteiger partial charge in [0.15, 0.2) is 0 Å². The zero-order valence-corrected chi connectivity index (χ0v) is 9.89. The maximum absolute atomic E-state index is 8.81. The molecule has 4 heteroatoms. The van der Waals surface area contributed by atoms with Gasteiger partial charge in [0.05, 0.1) is 6.54 Å². The molecule has 0 unspecified atom stereocenters. The third kappa shape index (κ3) is 2.05. The second-order valence-corrected chi connectivity index (χ2v) is 4.69. The van der Waals surface area contributed by atoms with Crippen LogP contribution in [0.5, 0.6) is 0 Å². The zero-order chi connectivity index (χ0) is 11.7. The van der Waals surface area contributed by atoms with Gasteiger partial charge in [0.1, 0.15) is 11.0 Å². The molecule has 1 aromatic heterocycles. The number of aliphatic hydroxyl groups is 1. The van der Waals surface area contributed by atoms with E-state index < -0.39 is 0 Å². The molecule has 0 bridgehead atoms. The Morgan fingerprint density at radius 2 is 1.65 bits per heavy atom. The van der Waals surface area contributed by atoms with E-state index in [-0.39, 0.29) is 6.61 Å². The normalized spacial score (nSPS) is 15.1. The van der Waals surface area contributed by atoms with Gasteiger partial charge in [-0.1, -0.05) is 0 Å². The van der Waals surface area contributed by atoms with Crippen molar-refractivity contribution in [2.24, 2.45) is 0 Å². The first kappa shape index (κ1) is 10.7. The number of nitrogens with zero attached hydrogens (tertiary/aromatic N) is 3.